The van der Waals surface area contributed by atoms with Gasteiger partial charge in [-0.2, -0.15) is 0 Å². The normalized spacial score (nSPS) is 11.6. The van der Waals surface area contributed by atoms with E-state index in [1.807, 2.05) is 58.9 Å². The largest absolute Gasteiger partial charge is 0.326 e. The molecule has 1 aromatic heterocycles. The van der Waals surface area contributed by atoms with Crippen LogP contribution in [0.25, 0.3) is 22.2 Å². The molecule has 0 radical (unpaired) electrons. The Bertz CT molecular complexity index is 996. The SMILES string of the molecule is Cc1cc(-c2ccc3ccc(F)cc3n2)cc(C)c1NC(=O)CC(C)(C)C. The van der Waals surface area contributed by atoms with E-state index < -0.39 is 0 Å². The zero-order chi connectivity index (χ0) is 19.8. The highest BCUT2D eigenvalue weighted by Crippen LogP contribution is 2.30. The van der Waals surface area contributed by atoms with Gasteiger partial charge in [-0.25, -0.2) is 9.37 Å². The van der Waals surface area contributed by atoms with Crippen LogP contribution in [0.15, 0.2) is 42.5 Å². The Labute approximate surface area is 159 Å². The number of benzene rings is 2. The van der Waals surface area contributed by atoms with E-state index in [4.69, 9.17) is 0 Å². The van der Waals surface area contributed by atoms with Crippen LogP contribution in [0.4, 0.5) is 10.1 Å². The summed E-state index contributed by atoms with van der Waals surface area (Å²) < 4.78 is 13.5. The number of hydrogen-bond donors (Lipinski definition) is 1. The maximum Gasteiger partial charge on any atom is 0.224 e. The van der Waals surface area contributed by atoms with Crippen molar-refractivity contribution in [1.82, 2.24) is 4.98 Å². The molecule has 3 nitrogen and oxygen atoms in total. The van der Waals surface area contributed by atoms with E-state index in [2.05, 4.69) is 10.3 Å². The van der Waals surface area contributed by atoms with Gasteiger partial charge in [0.2, 0.25) is 5.91 Å². The van der Waals surface area contributed by atoms with Crippen LogP contribution in [-0.4, -0.2) is 10.9 Å². The van der Waals surface area contributed by atoms with Gasteiger partial charge in [0.05, 0.1) is 11.2 Å². The molecule has 3 rings (SSSR count). The van der Waals surface area contributed by atoms with Gasteiger partial charge in [0.15, 0.2) is 0 Å². The number of carbonyl (C=O) groups is 1. The fourth-order valence-electron chi connectivity index (χ4n) is 3.22. The number of rotatable bonds is 3. The van der Waals surface area contributed by atoms with Crippen LogP contribution in [0, 0.1) is 25.1 Å². The predicted molar refractivity (Wildman–Crippen MR) is 109 cm³/mol. The summed E-state index contributed by atoms with van der Waals surface area (Å²) in [6.45, 7) is 10.1. The second-order valence-electron chi connectivity index (χ2n) is 8.30. The van der Waals surface area contributed by atoms with E-state index in [1.165, 1.54) is 12.1 Å². The Kier molecular flexibility index (Phi) is 5.01. The van der Waals surface area contributed by atoms with Crippen molar-refractivity contribution in [3.63, 3.8) is 0 Å². The highest BCUT2D eigenvalue weighted by molar-refractivity contribution is 5.93. The summed E-state index contributed by atoms with van der Waals surface area (Å²) in [7, 11) is 0. The number of aryl methyl sites for hydroxylation is 2. The Balaban J connectivity index is 1.93. The van der Waals surface area contributed by atoms with Crippen molar-refractivity contribution < 1.29 is 9.18 Å². The molecule has 0 spiro atoms. The number of halogens is 1. The minimum Gasteiger partial charge on any atom is -0.326 e. The molecule has 0 aliphatic heterocycles. The molecule has 1 amide bonds. The fourth-order valence-corrected chi connectivity index (χ4v) is 3.22. The number of pyridine rings is 1. The first-order valence-corrected chi connectivity index (χ1v) is 9.10. The lowest BCUT2D eigenvalue weighted by Crippen LogP contribution is -2.20. The summed E-state index contributed by atoms with van der Waals surface area (Å²) in [5.41, 5.74) is 5.11. The molecule has 0 unspecified atom stereocenters. The Hall–Kier alpha value is -2.75. The molecule has 0 atom stereocenters. The van der Waals surface area contributed by atoms with Crippen molar-refractivity contribution in [3.8, 4) is 11.3 Å². The van der Waals surface area contributed by atoms with Gasteiger partial charge in [-0.3, -0.25) is 4.79 Å². The lowest BCUT2D eigenvalue weighted by Gasteiger charge is -2.19. The molecule has 0 saturated carbocycles. The van der Waals surface area contributed by atoms with Crippen LogP contribution in [0.3, 0.4) is 0 Å². The van der Waals surface area contributed by atoms with Gasteiger partial charge in [0.1, 0.15) is 5.82 Å². The van der Waals surface area contributed by atoms with Gasteiger partial charge in [-0.15, -0.1) is 0 Å². The van der Waals surface area contributed by atoms with E-state index in [-0.39, 0.29) is 17.1 Å². The van der Waals surface area contributed by atoms with E-state index in [0.717, 1.165) is 33.5 Å². The summed E-state index contributed by atoms with van der Waals surface area (Å²) in [5, 5.41) is 3.94. The van der Waals surface area contributed by atoms with Crippen LogP contribution in [0.5, 0.6) is 0 Å². The van der Waals surface area contributed by atoms with Crippen molar-refractivity contribution in [3.05, 3.63) is 59.4 Å². The lowest BCUT2D eigenvalue weighted by molar-refractivity contribution is -0.117. The van der Waals surface area contributed by atoms with Gasteiger partial charge in [0.25, 0.3) is 0 Å². The summed E-state index contributed by atoms with van der Waals surface area (Å²) in [6.07, 6.45) is 0.464. The van der Waals surface area contributed by atoms with E-state index in [9.17, 15) is 9.18 Å². The van der Waals surface area contributed by atoms with E-state index in [1.54, 1.807) is 6.07 Å². The monoisotopic (exact) mass is 364 g/mol. The molecule has 27 heavy (non-hydrogen) atoms. The molecule has 3 aromatic rings. The third-order valence-corrected chi connectivity index (χ3v) is 4.44. The third kappa shape index (κ3) is 4.51. The lowest BCUT2D eigenvalue weighted by atomic mass is 9.91. The minimum absolute atomic E-state index is 0.0146. The predicted octanol–water partition coefficient (Wildman–Crippen LogP) is 6.03. The molecular weight excluding hydrogens is 339 g/mol. The molecule has 140 valence electrons. The highest BCUT2D eigenvalue weighted by atomic mass is 19.1. The van der Waals surface area contributed by atoms with Gasteiger partial charge in [-0.05, 0) is 60.7 Å². The molecule has 0 aliphatic carbocycles. The van der Waals surface area contributed by atoms with Crippen molar-refractivity contribution in [2.75, 3.05) is 5.32 Å². The Morgan fingerprint density at radius 1 is 1.04 bits per heavy atom. The minimum atomic E-state index is -0.295. The van der Waals surface area contributed by atoms with Crippen LogP contribution in [-0.2, 0) is 4.79 Å². The molecular formula is C23H25FN2O. The summed E-state index contributed by atoms with van der Waals surface area (Å²) in [5.74, 6) is -0.280. The van der Waals surface area contributed by atoms with Crippen LogP contribution in [0.2, 0.25) is 0 Å². The number of amides is 1. The average molecular weight is 364 g/mol. The number of hydrogen-bond acceptors (Lipinski definition) is 2. The first-order valence-electron chi connectivity index (χ1n) is 9.10. The zero-order valence-corrected chi connectivity index (χ0v) is 16.5. The van der Waals surface area contributed by atoms with E-state index in [0.29, 0.717) is 11.9 Å². The average Bonchev–Trinajstić information content (AvgIpc) is 2.55. The number of fused-ring (bicyclic) bond motifs is 1. The first-order chi connectivity index (χ1) is 12.6. The molecule has 1 N–H and O–H groups in total. The number of anilines is 1. The van der Waals surface area contributed by atoms with Crippen LogP contribution < -0.4 is 5.32 Å². The van der Waals surface area contributed by atoms with Crippen LogP contribution in [0.1, 0.15) is 38.3 Å². The van der Waals surface area contributed by atoms with Crippen molar-refractivity contribution in [2.45, 2.75) is 41.0 Å². The molecule has 0 bridgehead atoms. The quantitative estimate of drug-likeness (QED) is 0.616. The van der Waals surface area contributed by atoms with Crippen LogP contribution >= 0.6 is 0 Å². The molecule has 0 saturated heterocycles. The second-order valence-corrected chi connectivity index (χ2v) is 8.30. The van der Waals surface area contributed by atoms with Gasteiger partial charge in [-0.1, -0.05) is 26.8 Å². The highest BCUT2D eigenvalue weighted by Gasteiger charge is 2.17. The second kappa shape index (κ2) is 7.10. The topological polar surface area (TPSA) is 42.0 Å². The van der Waals surface area contributed by atoms with E-state index >= 15 is 0 Å². The van der Waals surface area contributed by atoms with Gasteiger partial charge < -0.3 is 5.32 Å². The molecule has 0 fully saturated rings. The smallest absolute Gasteiger partial charge is 0.224 e. The number of carbonyl (C=O) groups excluding carboxylic acids is 1. The number of aromatic nitrogens is 1. The van der Waals surface area contributed by atoms with Crippen molar-refractivity contribution >= 4 is 22.5 Å². The first kappa shape index (κ1) is 19.0. The number of nitrogens with zero attached hydrogens (tertiary/aromatic N) is 1. The van der Waals surface area contributed by atoms with Gasteiger partial charge in [0, 0.05) is 29.1 Å². The maximum absolute atomic E-state index is 13.5. The summed E-state index contributed by atoms with van der Waals surface area (Å²) in [4.78, 5) is 16.9. The van der Waals surface area contributed by atoms with Gasteiger partial charge >= 0.3 is 0 Å². The third-order valence-electron chi connectivity index (χ3n) is 4.44. The standard InChI is InChI=1S/C23H25FN2O/c1-14-10-17(11-15(2)22(14)26-21(27)13-23(3,4)5)19-9-7-16-6-8-18(24)12-20(16)25-19/h6-12H,13H2,1-5H3,(H,26,27). The maximum atomic E-state index is 13.5. The molecule has 1 heterocycles. The van der Waals surface area contributed by atoms with Crippen molar-refractivity contribution in [2.24, 2.45) is 5.41 Å². The molecule has 2 aromatic carbocycles. The zero-order valence-electron chi connectivity index (χ0n) is 16.5. The number of nitrogens with one attached hydrogen (secondary N) is 1. The Morgan fingerprint density at radius 2 is 1.67 bits per heavy atom. The summed E-state index contributed by atoms with van der Waals surface area (Å²) in [6, 6.07) is 12.5. The fraction of sp³-hybridized carbons (Fsp3) is 0.304. The Morgan fingerprint density at radius 3 is 2.30 bits per heavy atom. The molecule has 4 heteroatoms. The molecule has 0 aliphatic rings. The summed E-state index contributed by atoms with van der Waals surface area (Å²) >= 11 is 0. The van der Waals surface area contributed by atoms with Crippen molar-refractivity contribution in [1.29, 1.82) is 0 Å².